The highest BCUT2D eigenvalue weighted by Crippen LogP contribution is 2.31. The van der Waals surface area contributed by atoms with E-state index in [4.69, 9.17) is 27.8 Å². The third-order valence-corrected chi connectivity index (χ3v) is 10.9. The number of aliphatic imine (C=N–C) groups is 1. The number of nitrogens with zero attached hydrogens (tertiary/aromatic N) is 4. The molecule has 0 fully saturated rings. The first-order valence-corrected chi connectivity index (χ1v) is 20.0. The molecule has 3 aromatic carbocycles. The molecular formula is C42H49ClFN9O2S. The summed E-state index contributed by atoms with van der Waals surface area (Å²) in [6, 6.07) is 21.2. The number of methoxy groups -OCH3 is 1. The highest BCUT2D eigenvalue weighted by atomic mass is 35.5. The van der Waals surface area contributed by atoms with E-state index in [1.54, 1.807) is 36.8 Å². The Morgan fingerprint density at radius 2 is 1.75 bits per heavy atom. The Kier molecular flexibility index (Phi) is 13.8. The van der Waals surface area contributed by atoms with E-state index in [2.05, 4.69) is 44.4 Å². The van der Waals surface area contributed by atoms with Crippen molar-refractivity contribution in [2.45, 2.75) is 71.5 Å². The minimum absolute atomic E-state index is 0.0753. The highest BCUT2D eigenvalue weighted by Gasteiger charge is 2.16. The number of H-pyrrole nitrogens is 1. The Bertz CT molecular complexity index is 2300. The number of anilines is 1. The van der Waals surface area contributed by atoms with Crippen molar-refractivity contribution in [2.24, 2.45) is 22.4 Å². The Labute approximate surface area is 335 Å². The lowest BCUT2D eigenvalue weighted by molar-refractivity contribution is 0.414. The predicted octanol–water partition coefficient (Wildman–Crippen LogP) is 7.98. The van der Waals surface area contributed by atoms with Crippen LogP contribution in [-0.4, -0.2) is 45.2 Å². The Morgan fingerprint density at radius 1 is 1.00 bits per heavy atom. The van der Waals surface area contributed by atoms with Crippen molar-refractivity contribution in [2.75, 3.05) is 19.0 Å². The molecule has 0 aliphatic heterocycles. The molecule has 7 N–H and O–H groups in total. The van der Waals surface area contributed by atoms with Gasteiger partial charge in [0.05, 0.1) is 23.5 Å². The van der Waals surface area contributed by atoms with E-state index < -0.39 is 11.5 Å². The fourth-order valence-corrected chi connectivity index (χ4v) is 7.57. The number of hydrogen-bond acceptors (Lipinski definition) is 8. The first-order valence-electron chi connectivity index (χ1n) is 18.8. The maximum atomic E-state index is 15.3. The van der Waals surface area contributed by atoms with Gasteiger partial charge in [-0.2, -0.15) is 4.98 Å². The van der Waals surface area contributed by atoms with E-state index in [0.29, 0.717) is 53.5 Å². The van der Waals surface area contributed by atoms with E-state index >= 15 is 4.39 Å². The van der Waals surface area contributed by atoms with Gasteiger partial charge in [0.15, 0.2) is 16.9 Å². The number of thiazole rings is 1. The molecule has 6 rings (SSSR count). The number of ether oxygens (including phenoxy) is 1. The molecule has 1 atom stereocenters. The van der Waals surface area contributed by atoms with Crippen molar-refractivity contribution in [1.29, 1.82) is 0 Å². The number of rotatable bonds is 19. The third-order valence-electron chi connectivity index (χ3n) is 9.61. The van der Waals surface area contributed by atoms with Gasteiger partial charge in [-0.15, -0.1) is 11.3 Å². The molecule has 0 aliphatic carbocycles. The van der Waals surface area contributed by atoms with E-state index in [1.165, 1.54) is 9.44 Å². The molecule has 0 saturated heterocycles. The molecule has 6 aromatic rings. The van der Waals surface area contributed by atoms with Crippen LogP contribution >= 0.6 is 22.9 Å². The van der Waals surface area contributed by atoms with Gasteiger partial charge in [-0.05, 0) is 97.2 Å². The van der Waals surface area contributed by atoms with Crippen LogP contribution < -0.4 is 32.5 Å². The van der Waals surface area contributed by atoms with Crippen molar-refractivity contribution in [3.63, 3.8) is 0 Å². The minimum atomic E-state index is -0.504. The van der Waals surface area contributed by atoms with Crippen LogP contribution in [0.25, 0.3) is 28.0 Å². The molecule has 294 valence electrons. The zero-order valence-electron chi connectivity index (χ0n) is 31.9. The predicted molar refractivity (Wildman–Crippen MR) is 227 cm³/mol. The van der Waals surface area contributed by atoms with Crippen molar-refractivity contribution in [3.8, 4) is 22.7 Å². The molecule has 0 radical (unpaired) electrons. The maximum absolute atomic E-state index is 15.3. The topological polar surface area (TPSA) is 161 Å². The summed E-state index contributed by atoms with van der Waals surface area (Å²) >= 11 is 7.97. The lowest BCUT2D eigenvalue weighted by Gasteiger charge is -2.18. The van der Waals surface area contributed by atoms with Gasteiger partial charge in [0.2, 0.25) is 0 Å². The van der Waals surface area contributed by atoms with Gasteiger partial charge in [0.25, 0.3) is 0 Å². The summed E-state index contributed by atoms with van der Waals surface area (Å²) in [5.41, 5.74) is 15.9. The average molecular weight is 798 g/mol. The van der Waals surface area contributed by atoms with E-state index in [0.717, 1.165) is 66.1 Å². The fourth-order valence-electron chi connectivity index (χ4n) is 6.50. The lowest BCUT2D eigenvalue weighted by Crippen LogP contribution is -2.31. The molecule has 0 unspecified atom stereocenters. The van der Waals surface area contributed by atoms with Crippen LogP contribution in [0.5, 0.6) is 5.75 Å². The Balaban J connectivity index is 1.09. The van der Waals surface area contributed by atoms with E-state index in [9.17, 15) is 4.79 Å². The van der Waals surface area contributed by atoms with Crippen LogP contribution in [0.2, 0.25) is 5.02 Å². The monoisotopic (exact) mass is 797 g/mol. The fraction of sp³-hybridized carbons (Fsp3) is 0.333. The number of aromatic nitrogens is 4. The highest BCUT2D eigenvalue weighted by molar-refractivity contribution is 7.15. The first-order chi connectivity index (χ1) is 27.0. The van der Waals surface area contributed by atoms with Gasteiger partial charge in [-0.1, -0.05) is 56.1 Å². The minimum Gasteiger partial charge on any atom is -0.497 e. The number of guanidine groups is 1. The Hall–Kier alpha value is -5.24. The number of hydrogen-bond donors (Lipinski definition) is 5. The van der Waals surface area contributed by atoms with Crippen LogP contribution in [0, 0.1) is 11.7 Å². The molecular weight excluding hydrogens is 749 g/mol. The van der Waals surface area contributed by atoms with Gasteiger partial charge in [0, 0.05) is 53.9 Å². The molecule has 14 heteroatoms. The number of halogens is 2. The largest absolute Gasteiger partial charge is 0.497 e. The molecule has 0 amide bonds. The SMILES string of the molecule is COc1ccc(CNc2ncc(CC[C@@H](CCN=C(N)N)NCc3ccc(-n4cc5cc(-c6cc(CCCC(C)C)cc(Cl)c6F)[nH]c5nc4=O)cc3)s2)cc1. The second-order valence-electron chi connectivity index (χ2n) is 14.3. The van der Waals surface area contributed by atoms with Gasteiger partial charge in [-0.25, -0.2) is 14.2 Å². The van der Waals surface area contributed by atoms with Crippen LogP contribution in [0.1, 0.15) is 61.1 Å². The summed E-state index contributed by atoms with van der Waals surface area (Å²) in [6.07, 6.45) is 9.00. The first kappa shape index (κ1) is 40.4. The van der Waals surface area contributed by atoms with Crippen LogP contribution in [0.3, 0.4) is 0 Å². The van der Waals surface area contributed by atoms with Gasteiger partial charge in [-0.3, -0.25) is 9.56 Å². The molecule has 0 saturated carbocycles. The van der Waals surface area contributed by atoms with Crippen molar-refractivity contribution in [1.82, 2.24) is 24.8 Å². The van der Waals surface area contributed by atoms with E-state index in [1.807, 2.05) is 60.8 Å². The number of nitrogens with one attached hydrogen (secondary N) is 3. The van der Waals surface area contributed by atoms with Crippen molar-refractivity contribution < 1.29 is 9.13 Å². The quantitative estimate of drug-likeness (QED) is 0.0407. The number of benzene rings is 3. The Morgan fingerprint density at radius 3 is 2.48 bits per heavy atom. The smallest absolute Gasteiger partial charge is 0.354 e. The second kappa shape index (κ2) is 19.1. The molecule has 0 aliphatic rings. The summed E-state index contributed by atoms with van der Waals surface area (Å²) in [6.45, 7) is 6.17. The average Bonchev–Trinajstić information content (AvgIpc) is 3.82. The molecule has 3 heterocycles. The molecule has 0 spiro atoms. The standard InChI is InChI=1S/C42H49ClFN9O2S/c1-26(2)5-4-6-29-19-35(38(44)36(43)20-29)37-21-30-25-53(42(54)52-39(30)51-37)32-12-7-27(8-13-32)22-48-31(17-18-47-40(45)46)11-16-34-24-50-41(56-34)49-23-28-9-14-33(55-3)15-10-28/h7-10,12-15,19-21,24-26,31,48H,4-6,11,16-18,22-23H2,1-3H3,(H,49,50)(H4,45,46,47)(H,51,52,54)/t31-/m0/s1. The van der Waals surface area contributed by atoms with Crippen molar-refractivity contribution in [3.05, 3.63) is 122 Å². The summed E-state index contributed by atoms with van der Waals surface area (Å²) in [5, 5.41) is 8.71. The summed E-state index contributed by atoms with van der Waals surface area (Å²) in [5.74, 6) is 0.991. The number of fused-ring (bicyclic) bond motifs is 1. The molecule has 0 bridgehead atoms. The number of aromatic amines is 1. The van der Waals surface area contributed by atoms with Crippen molar-refractivity contribution >= 4 is 45.1 Å². The van der Waals surface area contributed by atoms with Crippen LogP contribution in [0.4, 0.5) is 9.52 Å². The van der Waals surface area contributed by atoms with Gasteiger partial charge < -0.3 is 31.8 Å². The molecule has 3 aromatic heterocycles. The second-order valence-corrected chi connectivity index (χ2v) is 15.8. The third kappa shape index (κ3) is 11.0. The van der Waals surface area contributed by atoms with Crippen LogP contribution in [0.15, 0.2) is 88.9 Å². The number of aryl methyl sites for hydroxylation is 2. The lowest BCUT2D eigenvalue weighted by atomic mass is 10.00. The summed E-state index contributed by atoms with van der Waals surface area (Å²) in [7, 11) is 1.66. The molecule has 11 nitrogen and oxygen atoms in total. The molecule has 56 heavy (non-hydrogen) atoms. The summed E-state index contributed by atoms with van der Waals surface area (Å²) in [4.78, 5) is 30.6. The zero-order valence-corrected chi connectivity index (χ0v) is 33.5. The maximum Gasteiger partial charge on any atom is 0.354 e. The zero-order chi connectivity index (χ0) is 39.6. The van der Waals surface area contributed by atoms with Gasteiger partial charge in [0.1, 0.15) is 11.4 Å². The summed E-state index contributed by atoms with van der Waals surface area (Å²) < 4.78 is 22.0. The van der Waals surface area contributed by atoms with Gasteiger partial charge >= 0.3 is 5.69 Å². The number of nitrogens with two attached hydrogens (primary N) is 2. The van der Waals surface area contributed by atoms with Crippen LogP contribution in [-0.2, 0) is 25.9 Å². The normalized spacial score (nSPS) is 12.0. The van der Waals surface area contributed by atoms with E-state index in [-0.39, 0.29) is 17.0 Å².